The molecular weight excluding hydrogens is 396 g/mol. The number of nitrogens with zero attached hydrogens (tertiary/aromatic N) is 2. The van der Waals surface area contributed by atoms with Gasteiger partial charge in [0.05, 0.1) is 5.92 Å². The number of benzene rings is 2. The highest BCUT2D eigenvalue weighted by Crippen LogP contribution is 2.64. The van der Waals surface area contributed by atoms with E-state index >= 15 is 0 Å². The predicted molar refractivity (Wildman–Crippen MR) is 127 cm³/mol. The molecule has 0 amide bonds. The molecule has 0 radical (unpaired) electrons. The number of carbonyl (C=O) groups is 1. The third-order valence-electron chi connectivity index (χ3n) is 6.68. The van der Waals surface area contributed by atoms with E-state index in [4.69, 9.17) is 4.74 Å². The van der Waals surface area contributed by atoms with Gasteiger partial charge in [0.15, 0.2) is 0 Å². The fraction of sp³-hybridized carbons (Fsp3) is 0.393. The molecule has 0 saturated heterocycles. The van der Waals surface area contributed by atoms with Gasteiger partial charge in [-0.05, 0) is 40.2 Å². The lowest BCUT2D eigenvalue weighted by atomic mass is 9.95. The van der Waals surface area contributed by atoms with Crippen LogP contribution in [-0.4, -0.2) is 15.9 Å². The average Bonchev–Trinajstić information content (AvgIpc) is 3.35. The highest BCUT2D eigenvalue weighted by molar-refractivity contribution is 5.79. The van der Waals surface area contributed by atoms with Crippen LogP contribution in [-0.2, 0) is 21.6 Å². The number of aromatic nitrogens is 2. The Morgan fingerprint density at radius 3 is 2.28 bits per heavy atom. The first-order valence-corrected chi connectivity index (χ1v) is 11.2. The molecule has 1 aromatic heterocycles. The molecule has 2 aromatic carbocycles. The first-order valence-electron chi connectivity index (χ1n) is 11.2. The van der Waals surface area contributed by atoms with Gasteiger partial charge in [-0.3, -0.25) is 4.79 Å². The summed E-state index contributed by atoms with van der Waals surface area (Å²) in [7, 11) is 0. The van der Waals surface area contributed by atoms with Crippen molar-refractivity contribution in [2.45, 2.75) is 59.5 Å². The Hall–Kier alpha value is -3.01. The van der Waals surface area contributed by atoms with Crippen molar-refractivity contribution < 1.29 is 9.53 Å². The van der Waals surface area contributed by atoms with E-state index in [9.17, 15) is 4.79 Å². The van der Waals surface area contributed by atoms with Crippen LogP contribution in [0.15, 0.2) is 60.9 Å². The molecule has 4 nitrogen and oxygen atoms in total. The van der Waals surface area contributed by atoms with Gasteiger partial charge in [-0.25, -0.2) is 9.97 Å². The van der Waals surface area contributed by atoms with E-state index in [1.807, 2.05) is 42.7 Å². The standard InChI is InChI=1S/C28H32N2O2/c1-18-20(13-10-14-22(18)19-11-8-7-9-12-19)17-32-25(31)24-23(28(24,5)6)21-15-29-26(30-16-21)27(2,3)4/h7-16,23-24H,17H2,1-6H3/t23-,24+/m0/s1. The Kier molecular flexibility index (Phi) is 5.66. The van der Waals surface area contributed by atoms with Crippen LogP contribution >= 0.6 is 0 Å². The molecule has 1 heterocycles. The maximum atomic E-state index is 13.0. The second-order valence-electron chi connectivity index (χ2n) is 10.4. The summed E-state index contributed by atoms with van der Waals surface area (Å²) in [6.07, 6.45) is 3.75. The van der Waals surface area contributed by atoms with Gasteiger partial charge >= 0.3 is 5.97 Å². The second-order valence-corrected chi connectivity index (χ2v) is 10.4. The SMILES string of the molecule is Cc1c(COC(=O)[C@H]2[C@H](c3cnc(C(C)(C)C)nc3)C2(C)C)cccc1-c1ccccc1. The Bertz CT molecular complexity index is 1110. The van der Waals surface area contributed by atoms with Crippen LogP contribution in [0.3, 0.4) is 0 Å². The molecule has 3 aromatic rings. The maximum absolute atomic E-state index is 13.0. The number of rotatable bonds is 5. The lowest BCUT2D eigenvalue weighted by molar-refractivity contribution is -0.147. The Morgan fingerprint density at radius 1 is 1.00 bits per heavy atom. The van der Waals surface area contributed by atoms with Gasteiger partial charge in [0.1, 0.15) is 12.4 Å². The third-order valence-corrected chi connectivity index (χ3v) is 6.68. The molecule has 0 unspecified atom stereocenters. The topological polar surface area (TPSA) is 52.1 Å². The number of ether oxygens (including phenoxy) is 1. The van der Waals surface area contributed by atoms with E-state index < -0.39 is 0 Å². The summed E-state index contributed by atoms with van der Waals surface area (Å²) in [5.74, 6) is 0.571. The highest BCUT2D eigenvalue weighted by atomic mass is 16.5. The average molecular weight is 429 g/mol. The van der Waals surface area contributed by atoms with Gasteiger partial charge in [0, 0.05) is 23.7 Å². The van der Waals surface area contributed by atoms with Gasteiger partial charge in [-0.2, -0.15) is 0 Å². The van der Waals surface area contributed by atoms with E-state index in [-0.39, 0.29) is 35.2 Å². The molecule has 32 heavy (non-hydrogen) atoms. The van der Waals surface area contributed by atoms with Gasteiger partial charge in [0.2, 0.25) is 0 Å². The molecule has 1 fully saturated rings. The summed E-state index contributed by atoms with van der Waals surface area (Å²) < 4.78 is 5.81. The minimum atomic E-state index is -0.177. The van der Waals surface area contributed by atoms with Crippen molar-refractivity contribution >= 4 is 5.97 Å². The molecule has 1 aliphatic rings. The van der Waals surface area contributed by atoms with Crippen molar-refractivity contribution in [3.63, 3.8) is 0 Å². The number of hydrogen-bond acceptors (Lipinski definition) is 4. The lowest BCUT2D eigenvalue weighted by Crippen LogP contribution is -2.16. The fourth-order valence-corrected chi connectivity index (χ4v) is 4.59. The van der Waals surface area contributed by atoms with E-state index in [1.54, 1.807) is 0 Å². The smallest absolute Gasteiger partial charge is 0.310 e. The van der Waals surface area contributed by atoms with Crippen molar-refractivity contribution in [3.05, 3.63) is 83.4 Å². The van der Waals surface area contributed by atoms with Gasteiger partial charge in [0.25, 0.3) is 0 Å². The number of carbonyl (C=O) groups excluding carboxylic acids is 1. The molecule has 1 saturated carbocycles. The van der Waals surface area contributed by atoms with E-state index in [1.165, 1.54) is 11.1 Å². The summed E-state index contributed by atoms with van der Waals surface area (Å²) in [5, 5.41) is 0. The maximum Gasteiger partial charge on any atom is 0.310 e. The molecule has 1 aliphatic carbocycles. The minimum Gasteiger partial charge on any atom is -0.461 e. The Labute approximate surface area is 191 Å². The summed E-state index contributed by atoms with van der Waals surface area (Å²) in [6, 6.07) is 16.4. The van der Waals surface area contributed by atoms with Crippen molar-refractivity contribution in [1.82, 2.24) is 9.97 Å². The monoisotopic (exact) mass is 428 g/mol. The van der Waals surface area contributed by atoms with Gasteiger partial charge < -0.3 is 4.74 Å². The largest absolute Gasteiger partial charge is 0.461 e. The molecule has 4 heteroatoms. The Balaban J connectivity index is 1.46. The minimum absolute atomic E-state index is 0.0840. The van der Waals surface area contributed by atoms with Gasteiger partial charge in [-0.1, -0.05) is 83.1 Å². The second kappa shape index (κ2) is 8.16. The normalized spacial score (nSPS) is 19.4. The van der Waals surface area contributed by atoms with Crippen molar-refractivity contribution in [2.24, 2.45) is 11.3 Å². The van der Waals surface area contributed by atoms with Crippen LogP contribution < -0.4 is 0 Å². The molecular formula is C28H32N2O2. The summed E-state index contributed by atoms with van der Waals surface area (Å²) in [6.45, 7) is 12.9. The third kappa shape index (κ3) is 4.19. The number of hydrogen-bond donors (Lipinski definition) is 0. The van der Waals surface area contributed by atoms with Crippen molar-refractivity contribution in [3.8, 4) is 11.1 Å². The van der Waals surface area contributed by atoms with Crippen LogP contribution in [0.4, 0.5) is 0 Å². The summed E-state index contributed by atoms with van der Waals surface area (Å²) in [4.78, 5) is 22.1. The zero-order valence-electron chi connectivity index (χ0n) is 19.8. The van der Waals surface area contributed by atoms with Crippen LogP contribution in [0.2, 0.25) is 0 Å². The lowest BCUT2D eigenvalue weighted by Gasteiger charge is -2.16. The van der Waals surface area contributed by atoms with Crippen LogP contribution in [0.5, 0.6) is 0 Å². The van der Waals surface area contributed by atoms with E-state index in [0.717, 1.165) is 22.5 Å². The number of esters is 1. The molecule has 166 valence electrons. The zero-order chi connectivity index (χ0) is 23.1. The Morgan fingerprint density at radius 2 is 1.66 bits per heavy atom. The molecule has 0 spiro atoms. The summed E-state index contributed by atoms with van der Waals surface area (Å²) >= 11 is 0. The first kappa shape index (κ1) is 22.2. The summed E-state index contributed by atoms with van der Waals surface area (Å²) in [5.41, 5.74) is 5.26. The van der Waals surface area contributed by atoms with E-state index in [2.05, 4.69) is 69.7 Å². The molecule has 0 bridgehead atoms. The van der Waals surface area contributed by atoms with Crippen molar-refractivity contribution in [1.29, 1.82) is 0 Å². The molecule has 0 aliphatic heterocycles. The zero-order valence-corrected chi connectivity index (χ0v) is 19.8. The molecule has 4 rings (SSSR count). The van der Waals surface area contributed by atoms with Crippen molar-refractivity contribution in [2.75, 3.05) is 0 Å². The quantitative estimate of drug-likeness (QED) is 0.452. The fourth-order valence-electron chi connectivity index (χ4n) is 4.59. The van der Waals surface area contributed by atoms with Crippen LogP contribution in [0.25, 0.3) is 11.1 Å². The van der Waals surface area contributed by atoms with Crippen LogP contribution in [0.1, 0.15) is 63.1 Å². The first-order chi connectivity index (χ1) is 15.1. The highest BCUT2D eigenvalue weighted by Gasteiger charge is 2.63. The van der Waals surface area contributed by atoms with Gasteiger partial charge in [-0.15, -0.1) is 0 Å². The molecule has 2 atom stereocenters. The predicted octanol–water partition coefficient (Wildman–Crippen LogP) is 6.23. The molecule has 0 N–H and O–H groups in total. The van der Waals surface area contributed by atoms with Crippen LogP contribution in [0, 0.1) is 18.3 Å². The van der Waals surface area contributed by atoms with E-state index in [0.29, 0.717) is 0 Å².